The van der Waals surface area contributed by atoms with Crippen LogP contribution in [0, 0.1) is 0 Å². The van der Waals surface area contributed by atoms with Gasteiger partial charge < -0.3 is 15.2 Å². The number of rotatable bonds is 6. The zero-order chi connectivity index (χ0) is 11.1. The lowest BCUT2D eigenvalue weighted by atomic mass is 10.1. The molecular formula is C10H23N3O2. The Morgan fingerprint density at radius 3 is 2.67 bits per heavy atom. The van der Waals surface area contributed by atoms with Gasteiger partial charge in [0.1, 0.15) is 0 Å². The lowest BCUT2D eigenvalue weighted by Gasteiger charge is -2.37. The van der Waals surface area contributed by atoms with Crippen molar-refractivity contribution in [3.63, 3.8) is 0 Å². The predicted octanol–water partition coefficient (Wildman–Crippen LogP) is -0.423. The van der Waals surface area contributed by atoms with Crippen LogP contribution in [0.5, 0.6) is 0 Å². The van der Waals surface area contributed by atoms with Crippen LogP contribution < -0.4 is 11.2 Å². The summed E-state index contributed by atoms with van der Waals surface area (Å²) in [5.41, 5.74) is 9.01. The average molecular weight is 217 g/mol. The molecule has 5 nitrogen and oxygen atoms in total. The largest absolute Gasteiger partial charge is 0.380 e. The minimum Gasteiger partial charge on any atom is -0.380 e. The van der Waals surface area contributed by atoms with Gasteiger partial charge in [0.15, 0.2) is 0 Å². The number of nitrogens with one attached hydrogen (secondary N) is 1. The zero-order valence-corrected chi connectivity index (χ0v) is 9.79. The Labute approximate surface area is 91.9 Å². The molecule has 0 aromatic rings. The van der Waals surface area contributed by atoms with Gasteiger partial charge in [0.05, 0.1) is 25.4 Å². The van der Waals surface area contributed by atoms with E-state index in [2.05, 4.69) is 17.4 Å². The van der Waals surface area contributed by atoms with E-state index >= 15 is 0 Å². The Balaban J connectivity index is 2.35. The van der Waals surface area contributed by atoms with E-state index in [0.717, 1.165) is 32.9 Å². The van der Waals surface area contributed by atoms with Crippen LogP contribution in [0.2, 0.25) is 0 Å². The molecule has 0 saturated carbocycles. The fraction of sp³-hybridized carbons (Fsp3) is 1.00. The summed E-state index contributed by atoms with van der Waals surface area (Å²) in [6.45, 7) is 9.36. The molecule has 1 fully saturated rings. The molecule has 0 spiro atoms. The van der Waals surface area contributed by atoms with Gasteiger partial charge in [0.25, 0.3) is 0 Å². The second-order valence-electron chi connectivity index (χ2n) is 4.11. The van der Waals surface area contributed by atoms with Gasteiger partial charge >= 0.3 is 0 Å². The quantitative estimate of drug-likeness (QED) is 0.632. The molecule has 0 bridgehead atoms. The van der Waals surface area contributed by atoms with E-state index in [1.54, 1.807) is 0 Å². The second kappa shape index (κ2) is 6.40. The summed E-state index contributed by atoms with van der Waals surface area (Å²) in [4.78, 5) is 0. The lowest BCUT2D eigenvalue weighted by Crippen LogP contribution is -2.61. The normalized spacial score (nSPS) is 22.6. The van der Waals surface area contributed by atoms with E-state index < -0.39 is 0 Å². The van der Waals surface area contributed by atoms with E-state index in [-0.39, 0.29) is 5.54 Å². The van der Waals surface area contributed by atoms with Crippen molar-refractivity contribution in [3.05, 3.63) is 0 Å². The topological polar surface area (TPSA) is 59.8 Å². The average Bonchev–Trinajstić information content (AvgIpc) is 2.28. The minimum absolute atomic E-state index is 0.173. The third kappa shape index (κ3) is 4.44. The maximum absolute atomic E-state index is 5.76. The molecule has 3 N–H and O–H groups in total. The van der Waals surface area contributed by atoms with E-state index in [9.17, 15) is 0 Å². The number of ether oxygens (including phenoxy) is 2. The van der Waals surface area contributed by atoms with Crippen molar-refractivity contribution in [2.24, 2.45) is 5.73 Å². The molecular weight excluding hydrogens is 194 g/mol. The summed E-state index contributed by atoms with van der Waals surface area (Å²) in [6, 6.07) is 0. The van der Waals surface area contributed by atoms with Crippen molar-refractivity contribution >= 4 is 0 Å². The molecule has 1 heterocycles. The van der Waals surface area contributed by atoms with Gasteiger partial charge in [-0.05, 0) is 13.8 Å². The molecule has 1 aliphatic heterocycles. The van der Waals surface area contributed by atoms with Gasteiger partial charge in [-0.3, -0.25) is 0 Å². The Morgan fingerprint density at radius 2 is 2.13 bits per heavy atom. The Kier molecular flexibility index (Phi) is 5.49. The lowest BCUT2D eigenvalue weighted by molar-refractivity contribution is -0.0271. The van der Waals surface area contributed by atoms with Crippen molar-refractivity contribution < 1.29 is 9.47 Å². The molecule has 15 heavy (non-hydrogen) atoms. The SMILES string of the molecule is CCOCC(C)(CN)NN1CCOCC1. The first kappa shape index (κ1) is 12.9. The molecule has 1 aliphatic rings. The molecule has 0 radical (unpaired) electrons. The van der Waals surface area contributed by atoms with Gasteiger partial charge in [0, 0.05) is 26.2 Å². The fourth-order valence-corrected chi connectivity index (χ4v) is 1.52. The molecule has 5 heteroatoms. The third-order valence-corrected chi connectivity index (χ3v) is 2.51. The first-order valence-corrected chi connectivity index (χ1v) is 5.58. The molecule has 0 aromatic carbocycles. The first-order chi connectivity index (χ1) is 7.20. The molecule has 0 aromatic heterocycles. The van der Waals surface area contributed by atoms with Crippen molar-refractivity contribution in [1.82, 2.24) is 10.4 Å². The third-order valence-electron chi connectivity index (χ3n) is 2.51. The van der Waals surface area contributed by atoms with Gasteiger partial charge in [-0.25, -0.2) is 10.4 Å². The van der Waals surface area contributed by atoms with Crippen LogP contribution in [0.25, 0.3) is 0 Å². The van der Waals surface area contributed by atoms with Crippen molar-refractivity contribution in [2.75, 3.05) is 46.1 Å². The second-order valence-corrected chi connectivity index (χ2v) is 4.11. The predicted molar refractivity (Wildman–Crippen MR) is 59.5 cm³/mol. The Bertz CT molecular complexity index is 174. The number of hydrogen-bond acceptors (Lipinski definition) is 5. The highest BCUT2D eigenvalue weighted by molar-refractivity contribution is 4.83. The highest BCUT2D eigenvalue weighted by Gasteiger charge is 2.26. The van der Waals surface area contributed by atoms with Crippen LogP contribution in [-0.4, -0.2) is 56.6 Å². The molecule has 0 amide bonds. The van der Waals surface area contributed by atoms with E-state index in [1.807, 2.05) is 6.92 Å². The van der Waals surface area contributed by atoms with Crippen LogP contribution in [0.4, 0.5) is 0 Å². The molecule has 1 saturated heterocycles. The summed E-state index contributed by atoms with van der Waals surface area (Å²) in [5, 5.41) is 2.16. The van der Waals surface area contributed by atoms with E-state index in [4.69, 9.17) is 15.2 Å². The molecule has 90 valence electrons. The first-order valence-electron chi connectivity index (χ1n) is 5.58. The molecule has 0 aliphatic carbocycles. The van der Waals surface area contributed by atoms with Crippen LogP contribution in [0.3, 0.4) is 0 Å². The summed E-state index contributed by atoms with van der Waals surface area (Å²) >= 11 is 0. The number of nitrogens with two attached hydrogens (primary N) is 1. The monoisotopic (exact) mass is 217 g/mol. The molecule has 1 rings (SSSR count). The summed E-state index contributed by atoms with van der Waals surface area (Å²) in [7, 11) is 0. The smallest absolute Gasteiger partial charge is 0.0670 e. The highest BCUT2D eigenvalue weighted by Crippen LogP contribution is 2.05. The van der Waals surface area contributed by atoms with E-state index in [0.29, 0.717) is 13.2 Å². The highest BCUT2D eigenvalue weighted by atomic mass is 16.5. The summed E-state index contributed by atoms with van der Waals surface area (Å²) in [6.07, 6.45) is 0. The van der Waals surface area contributed by atoms with Gasteiger partial charge in [-0.2, -0.15) is 0 Å². The van der Waals surface area contributed by atoms with Crippen LogP contribution in [-0.2, 0) is 9.47 Å². The minimum atomic E-state index is -0.173. The maximum atomic E-state index is 5.76. The fourth-order valence-electron chi connectivity index (χ4n) is 1.52. The Morgan fingerprint density at radius 1 is 1.47 bits per heavy atom. The molecule has 1 unspecified atom stereocenters. The number of hydrogen-bond donors (Lipinski definition) is 2. The number of hydrazine groups is 1. The summed E-state index contributed by atoms with van der Waals surface area (Å²) < 4.78 is 10.7. The number of nitrogens with zero attached hydrogens (tertiary/aromatic N) is 1. The van der Waals surface area contributed by atoms with Crippen LogP contribution >= 0.6 is 0 Å². The van der Waals surface area contributed by atoms with Gasteiger partial charge in [-0.15, -0.1) is 0 Å². The number of morpholine rings is 1. The molecule has 1 atom stereocenters. The van der Waals surface area contributed by atoms with Gasteiger partial charge in [0.2, 0.25) is 0 Å². The Hall–Kier alpha value is -0.200. The van der Waals surface area contributed by atoms with Crippen molar-refractivity contribution in [1.29, 1.82) is 0 Å². The van der Waals surface area contributed by atoms with E-state index in [1.165, 1.54) is 0 Å². The van der Waals surface area contributed by atoms with Crippen LogP contribution in [0.15, 0.2) is 0 Å². The van der Waals surface area contributed by atoms with Crippen molar-refractivity contribution in [2.45, 2.75) is 19.4 Å². The van der Waals surface area contributed by atoms with Crippen LogP contribution in [0.1, 0.15) is 13.8 Å². The van der Waals surface area contributed by atoms with Gasteiger partial charge in [-0.1, -0.05) is 0 Å². The summed E-state index contributed by atoms with van der Waals surface area (Å²) in [5.74, 6) is 0. The maximum Gasteiger partial charge on any atom is 0.0670 e. The standard InChI is InChI=1S/C10H23N3O2/c1-3-14-9-10(2,8-11)12-13-4-6-15-7-5-13/h12H,3-9,11H2,1-2H3. The van der Waals surface area contributed by atoms with Crippen molar-refractivity contribution in [3.8, 4) is 0 Å². The zero-order valence-electron chi connectivity index (χ0n) is 9.79.